The van der Waals surface area contributed by atoms with Crippen LogP contribution in [0.5, 0.6) is 0 Å². The maximum absolute atomic E-state index is 11.8. The average Bonchev–Trinajstić information content (AvgIpc) is 3.06. The van der Waals surface area contributed by atoms with Crippen LogP contribution in [0.2, 0.25) is 0 Å². The van der Waals surface area contributed by atoms with Gasteiger partial charge in [0.15, 0.2) is 0 Å². The van der Waals surface area contributed by atoms with E-state index < -0.39 is 0 Å². The molecule has 2 amide bonds. The van der Waals surface area contributed by atoms with Crippen LogP contribution in [0, 0.1) is 0 Å². The van der Waals surface area contributed by atoms with Crippen LogP contribution >= 0.6 is 11.8 Å². The summed E-state index contributed by atoms with van der Waals surface area (Å²) in [4.78, 5) is 28.6. The zero-order valence-electron chi connectivity index (χ0n) is 10.6. The molecular weight excluding hydrogens is 276 g/mol. The van der Waals surface area contributed by atoms with Crippen molar-refractivity contribution < 1.29 is 9.59 Å². The number of hydrogen-bond donors (Lipinski definition) is 0. The lowest BCUT2D eigenvalue weighted by Crippen LogP contribution is -2.22. The van der Waals surface area contributed by atoms with Crippen LogP contribution in [0.25, 0.3) is 11.8 Å². The van der Waals surface area contributed by atoms with E-state index in [1.165, 1.54) is 13.4 Å². The maximum Gasteiger partial charge on any atom is 0.293 e. The van der Waals surface area contributed by atoms with E-state index in [0.717, 1.165) is 27.9 Å². The predicted octanol–water partition coefficient (Wildman–Crippen LogP) is 1.93. The van der Waals surface area contributed by atoms with Crippen LogP contribution in [0.3, 0.4) is 0 Å². The fraction of sp³-hybridized carbons (Fsp3) is 0.0769. The Morgan fingerprint density at radius 3 is 2.50 bits per heavy atom. The second-order valence-corrected chi connectivity index (χ2v) is 5.17. The van der Waals surface area contributed by atoms with Crippen molar-refractivity contribution in [3.63, 3.8) is 0 Å². The Morgan fingerprint density at radius 2 is 1.95 bits per heavy atom. The molecular formula is C13H10N4O2S. The summed E-state index contributed by atoms with van der Waals surface area (Å²) in [5.74, 6) is -0.264. The minimum Gasteiger partial charge on any atom is -0.272 e. The van der Waals surface area contributed by atoms with Crippen molar-refractivity contribution in [2.24, 2.45) is 0 Å². The summed E-state index contributed by atoms with van der Waals surface area (Å²) in [6.45, 7) is 0. The number of carbonyl (C=O) groups excluding carboxylic acids is 2. The highest BCUT2D eigenvalue weighted by atomic mass is 32.2. The van der Waals surface area contributed by atoms with E-state index in [2.05, 4.69) is 10.1 Å². The number of nitrogens with zero attached hydrogens (tertiary/aromatic N) is 4. The number of carbonyl (C=O) groups is 2. The van der Waals surface area contributed by atoms with Crippen LogP contribution in [0.1, 0.15) is 5.56 Å². The van der Waals surface area contributed by atoms with Crippen molar-refractivity contribution in [1.82, 2.24) is 19.7 Å². The normalized spacial score (nSPS) is 17.2. The predicted molar refractivity (Wildman–Crippen MR) is 75.1 cm³/mol. The lowest BCUT2D eigenvalue weighted by atomic mass is 10.2. The summed E-state index contributed by atoms with van der Waals surface area (Å²) in [6, 6.07) is 7.47. The van der Waals surface area contributed by atoms with E-state index in [0.29, 0.717) is 4.91 Å². The SMILES string of the molecule is CN1C(=O)SC(=Cc2ccc(-n3cncn3)cc2)C1=O. The highest BCUT2D eigenvalue weighted by molar-refractivity contribution is 8.18. The molecule has 1 aromatic heterocycles. The topological polar surface area (TPSA) is 68.1 Å². The van der Waals surface area contributed by atoms with E-state index in [1.807, 2.05) is 24.3 Å². The van der Waals surface area contributed by atoms with Gasteiger partial charge >= 0.3 is 0 Å². The van der Waals surface area contributed by atoms with Gasteiger partial charge in [0.1, 0.15) is 12.7 Å². The molecule has 0 aliphatic carbocycles. The van der Waals surface area contributed by atoms with Gasteiger partial charge in [0.05, 0.1) is 10.6 Å². The Kier molecular flexibility index (Phi) is 3.11. The molecule has 3 rings (SSSR count). The van der Waals surface area contributed by atoms with Gasteiger partial charge in [0.2, 0.25) is 0 Å². The molecule has 0 spiro atoms. The van der Waals surface area contributed by atoms with Gasteiger partial charge in [-0.3, -0.25) is 14.5 Å². The summed E-state index contributed by atoms with van der Waals surface area (Å²) < 4.78 is 1.64. The molecule has 0 N–H and O–H groups in total. The van der Waals surface area contributed by atoms with Crippen molar-refractivity contribution in [1.29, 1.82) is 0 Å². The summed E-state index contributed by atoms with van der Waals surface area (Å²) in [5, 5.41) is 3.78. The first-order chi connectivity index (χ1) is 9.65. The van der Waals surface area contributed by atoms with Gasteiger partial charge in [0, 0.05) is 7.05 Å². The largest absolute Gasteiger partial charge is 0.293 e. The number of aromatic nitrogens is 3. The van der Waals surface area contributed by atoms with Crippen molar-refractivity contribution in [2.75, 3.05) is 7.05 Å². The molecule has 6 nitrogen and oxygen atoms in total. The molecule has 0 unspecified atom stereocenters. The smallest absolute Gasteiger partial charge is 0.272 e. The first-order valence-corrected chi connectivity index (χ1v) is 6.63. The van der Waals surface area contributed by atoms with Gasteiger partial charge in [-0.25, -0.2) is 9.67 Å². The molecule has 0 bridgehead atoms. The fourth-order valence-corrected chi connectivity index (χ4v) is 2.59. The van der Waals surface area contributed by atoms with E-state index >= 15 is 0 Å². The first kappa shape index (κ1) is 12.6. The van der Waals surface area contributed by atoms with Crippen molar-refractivity contribution in [2.45, 2.75) is 0 Å². The number of likely N-dealkylation sites (N-methyl/N-ethyl adjacent to an activating group) is 1. The van der Waals surface area contributed by atoms with Gasteiger partial charge in [-0.15, -0.1) is 0 Å². The van der Waals surface area contributed by atoms with Gasteiger partial charge in [-0.05, 0) is 35.5 Å². The second-order valence-electron chi connectivity index (χ2n) is 4.17. The summed E-state index contributed by atoms with van der Waals surface area (Å²) in [6.07, 6.45) is 4.78. The Morgan fingerprint density at radius 1 is 1.20 bits per heavy atom. The van der Waals surface area contributed by atoms with Gasteiger partial charge in [-0.2, -0.15) is 5.10 Å². The number of amides is 2. The van der Waals surface area contributed by atoms with Gasteiger partial charge in [-0.1, -0.05) is 12.1 Å². The summed E-state index contributed by atoms with van der Waals surface area (Å²) in [7, 11) is 1.48. The zero-order chi connectivity index (χ0) is 14.1. The van der Waals surface area contributed by atoms with Gasteiger partial charge < -0.3 is 0 Å². The molecule has 1 aliphatic heterocycles. The van der Waals surface area contributed by atoms with Gasteiger partial charge in [0.25, 0.3) is 11.1 Å². The third-order valence-electron chi connectivity index (χ3n) is 2.86. The van der Waals surface area contributed by atoms with Crippen LogP contribution in [-0.2, 0) is 4.79 Å². The average molecular weight is 286 g/mol. The van der Waals surface area contributed by atoms with Crippen LogP contribution < -0.4 is 0 Å². The lowest BCUT2D eigenvalue weighted by molar-refractivity contribution is -0.121. The maximum atomic E-state index is 11.8. The monoisotopic (exact) mass is 286 g/mol. The van der Waals surface area contributed by atoms with E-state index in [1.54, 1.807) is 17.1 Å². The van der Waals surface area contributed by atoms with E-state index in [4.69, 9.17) is 0 Å². The van der Waals surface area contributed by atoms with E-state index in [-0.39, 0.29) is 11.1 Å². The number of thioether (sulfide) groups is 1. The summed E-state index contributed by atoms with van der Waals surface area (Å²) in [5.41, 5.74) is 1.73. The molecule has 7 heteroatoms. The Bertz CT molecular complexity index is 692. The summed E-state index contributed by atoms with van der Waals surface area (Å²) >= 11 is 0.950. The lowest BCUT2D eigenvalue weighted by Gasteiger charge is -2.02. The molecule has 1 fully saturated rings. The van der Waals surface area contributed by atoms with Crippen LogP contribution in [0.15, 0.2) is 41.8 Å². The minimum atomic E-state index is -0.264. The molecule has 2 aromatic rings. The number of hydrogen-bond acceptors (Lipinski definition) is 5. The highest BCUT2D eigenvalue weighted by Crippen LogP contribution is 2.30. The van der Waals surface area contributed by atoms with Crippen LogP contribution in [0.4, 0.5) is 4.79 Å². The molecule has 100 valence electrons. The molecule has 20 heavy (non-hydrogen) atoms. The standard InChI is InChI=1S/C13H10N4O2S/c1-16-12(18)11(20-13(16)19)6-9-2-4-10(5-3-9)17-8-14-7-15-17/h2-8H,1H3. The van der Waals surface area contributed by atoms with Crippen molar-refractivity contribution in [3.05, 3.63) is 47.4 Å². The minimum absolute atomic E-state index is 0.250. The molecule has 2 heterocycles. The molecule has 0 atom stereocenters. The second kappa shape index (κ2) is 4.93. The highest BCUT2D eigenvalue weighted by Gasteiger charge is 2.31. The molecule has 0 radical (unpaired) electrons. The third kappa shape index (κ3) is 2.23. The molecule has 1 aliphatic rings. The zero-order valence-corrected chi connectivity index (χ0v) is 11.4. The van der Waals surface area contributed by atoms with Crippen molar-refractivity contribution in [3.8, 4) is 5.69 Å². The third-order valence-corrected chi connectivity index (χ3v) is 3.82. The number of imide groups is 1. The quantitative estimate of drug-likeness (QED) is 0.789. The molecule has 0 saturated carbocycles. The Balaban J connectivity index is 1.86. The Hall–Kier alpha value is -2.41. The molecule has 1 saturated heterocycles. The number of benzene rings is 1. The van der Waals surface area contributed by atoms with Crippen LogP contribution in [-0.4, -0.2) is 37.9 Å². The fourth-order valence-electron chi connectivity index (χ4n) is 1.76. The molecule has 1 aromatic carbocycles. The Labute approximate surface area is 119 Å². The number of rotatable bonds is 2. The van der Waals surface area contributed by atoms with E-state index in [9.17, 15) is 9.59 Å². The first-order valence-electron chi connectivity index (χ1n) is 5.82. The van der Waals surface area contributed by atoms with Crippen molar-refractivity contribution >= 4 is 29.0 Å².